The van der Waals surface area contributed by atoms with E-state index in [0.717, 1.165) is 6.07 Å². The summed E-state index contributed by atoms with van der Waals surface area (Å²) in [6.07, 6.45) is -4.63. The van der Waals surface area contributed by atoms with Crippen molar-refractivity contribution in [2.45, 2.75) is 12.8 Å². The van der Waals surface area contributed by atoms with Crippen LogP contribution in [0.25, 0.3) is 11.1 Å². The summed E-state index contributed by atoms with van der Waals surface area (Å²) in [5.41, 5.74) is -0.379. The lowest BCUT2D eigenvalue weighted by Crippen LogP contribution is -2.08. The summed E-state index contributed by atoms with van der Waals surface area (Å²) in [6, 6.07) is 8.94. The summed E-state index contributed by atoms with van der Waals surface area (Å²) < 4.78 is 38.5. The van der Waals surface area contributed by atoms with Gasteiger partial charge in [-0.05, 0) is 41.0 Å². The molecule has 0 saturated heterocycles. The molecule has 0 fully saturated rings. The van der Waals surface area contributed by atoms with Crippen molar-refractivity contribution in [3.8, 4) is 11.1 Å². The number of benzene rings is 2. The highest BCUT2D eigenvalue weighted by Gasteiger charge is 2.31. The molecule has 0 atom stereocenters. The number of hydrogen-bond donors (Lipinski definition) is 2. The van der Waals surface area contributed by atoms with Crippen molar-refractivity contribution in [3.05, 3.63) is 59.2 Å². The van der Waals surface area contributed by atoms with Gasteiger partial charge in [-0.25, -0.2) is 4.79 Å². The largest absolute Gasteiger partial charge is 0.478 e. The van der Waals surface area contributed by atoms with E-state index in [1.807, 2.05) is 0 Å². The summed E-state index contributed by atoms with van der Waals surface area (Å²) in [5, 5.41) is 18.0. The fourth-order valence-electron chi connectivity index (χ4n) is 1.93. The zero-order valence-corrected chi connectivity index (χ0v) is 10.7. The molecule has 0 aliphatic carbocycles. The molecule has 0 saturated carbocycles. The Morgan fingerprint density at radius 3 is 2.33 bits per heavy atom. The molecule has 2 aromatic rings. The van der Waals surface area contributed by atoms with Gasteiger partial charge in [-0.15, -0.1) is 0 Å². The third-order valence-corrected chi connectivity index (χ3v) is 2.95. The van der Waals surface area contributed by atoms with Gasteiger partial charge in [-0.2, -0.15) is 13.2 Å². The zero-order chi connectivity index (χ0) is 15.6. The summed E-state index contributed by atoms with van der Waals surface area (Å²) in [5.74, 6) is -1.43. The minimum atomic E-state index is -4.63. The standard InChI is InChI=1S/C15H11F3O3/c16-15(17,18)13-6-11(5-12(7-13)14(20)21)10-3-1-2-9(4-10)8-19/h1-7,19H,8H2,(H,20,21). The third kappa shape index (κ3) is 3.41. The first-order valence-corrected chi connectivity index (χ1v) is 5.97. The number of alkyl halides is 3. The average molecular weight is 296 g/mol. The molecule has 0 unspecified atom stereocenters. The van der Waals surface area contributed by atoms with Gasteiger partial charge in [0.15, 0.2) is 0 Å². The third-order valence-electron chi connectivity index (χ3n) is 2.95. The van der Waals surface area contributed by atoms with Gasteiger partial charge in [0.05, 0.1) is 17.7 Å². The van der Waals surface area contributed by atoms with Crippen LogP contribution in [0.4, 0.5) is 13.2 Å². The Labute approximate surface area is 118 Å². The van der Waals surface area contributed by atoms with Gasteiger partial charge in [0.1, 0.15) is 0 Å². The van der Waals surface area contributed by atoms with Crippen molar-refractivity contribution >= 4 is 5.97 Å². The molecular weight excluding hydrogens is 285 g/mol. The number of carboxylic acids is 1. The molecule has 0 amide bonds. The topological polar surface area (TPSA) is 57.5 Å². The van der Waals surface area contributed by atoms with Crippen molar-refractivity contribution in [3.63, 3.8) is 0 Å². The smallest absolute Gasteiger partial charge is 0.416 e. The van der Waals surface area contributed by atoms with Crippen LogP contribution in [0.3, 0.4) is 0 Å². The SMILES string of the molecule is O=C(O)c1cc(-c2cccc(CO)c2)cc(C(F)(F)F)c1. The first-order valence-electron chi connectivity index (χ1n) is 5.97. The van der Waals surface area contributed by atoms with Gasteiger partial charge in [0.2, 0.25) is 0 Å². The van der Waals surface area contributed by atoms with Crippen LogP contribution >= 0.6 is 0 Å². The number of carbonyl (C=O) groups is 1. The van der Waals surface area contributed by atoms with Gasteiger partial charge in [-0.1, -0.05) is 18.2 Å². The van der Waals surface area contributed by atoms with E-state index in [2.05, 4.69) is 0 Å². The number of halogens is 3. The Balaban J connectivity index is 2.62. The molecule has 0 aliphatic rings. The number of aliphatic hydroxyl groups excluding tert-OH is 1. The van der Waals surface area contributed by atoms with Crippen LogP contribution in [-0.4, -0.2) is 16.2 Å². The van der Waals surface area contributed by atoms with Gasteiger partial charge < -0.3 is 10.2 Å². The zero-order valence-electron chi connectivity index (χ0n) is 10.7. The number of carboxylic acid groups (broad SMARTS) is 1. The first-order chi connectivity index (χ1) is 9.81. The molecule has 0 heterocycles. The van der Waals surface area contributed by atoms with Crippen LogP contribution in [0.15, 0.2) is 42.5 Å². The molecule has 0 bridgehead atoms. The molecular formula is C15H11F3O3. The highest BCUT2D eigenvalue weighted by molar-refractivity contribution is 5.90. The van der Waals surface area contributed by atoms with Crippen molar-refractivity contribution in [2.75, 3.05) is 0 Å². The maximum Gasteiger partial charge on any atom is 0.416 e. The minimum absolute atomic E-state index is 0.137. The van der Waals surface area contributed by atoms with Gasteiger partial charge in [0, 0.05) is 0 Å². The highest BCUT2D eigenvalue weighted by atomic mass is 19.4. The van der Waals surface area contributed by atoms with E-state index in [1.165, 1.54) is 12.1 Å². The van der Waals surface area contributed by atoms with E-state index >= 15 is 0 Å². The summed E-state index contributed by atoms with van der Waals surface area (Å²) >= 11 is 0. The lowest BCUT2D eigenvalue weighted by atomic mass is 9.98. The first kappa shape index (κ1) is 15.1. The molecule has 0 spiro atoms. The molecule has 110 valence electrons. The lowest BCUT2D eigenvalue weighted by molar-refractivity contribution is -0.137. The fraction of sp³-hybridized carbons (Fsp3) is 0.133. The average Bonchev–Trinajstić information content (AvgIpc) is 2.46. The second kappa shape index (κ2) is 5.57. The second-order valence-electron chi connectivity index (χ2n) is 4.46. The van der Waals surface area contributed by atoms with E-state index in [0.29, 0.717) is 17.2 Å². The monoisotopic (exact) mass is 296 g/mol. The Morgan fingerprint density at radius 1 is 1.05 bits per heavy atom. The van der Waals surface area contributed by atoms with Crippen molar-refractivity contribution < 1.29 is 28.2 Å². The van der Waals surface area contributed by atoms with Crippen LogP contribution in [0.5, 0.6) is 0 Å². The number of hydrogen-bond acceptors (Lipinski definition) is 2. The normalized spacial score (nSPS) is 11.4. The lowest BCUT2D eigenvalue weighted by Gasteiger charge is -2.11. The Morgan fingerprint density at radius 2 is 1.76 bits per heavy atom. The molecule has 2 aromatic carbocycles. The van der Waals surface area contributed by atoms with E-state index in [-0.39, 0.29) is 12.2 Å². The Kier molecular flexibility index (Phi) is 3.99. The minimum Gasteiger partial charge on any atom is -0.478 e. The molecule has 2 N–H and O–H groups in total. The number of aromatic carboxylic acids is 1. The fourth-order valence-corrected chi connectivity index (χ4v) is 1.93. The second-order valence-corrected chi connectivity index (χ2v) is 4.46. The van der Waals surface area contributed by atoms with E-state index in [1.54, 1.807) is 18.2 Å². The van der Waals surface area contributed by atoms with Gasteiger partial charge >= 0.3 is 12.1 Å². The van der Waals surface area contributed by atoms with Crippen LogP contribution in [0, 0.1) is 0 Å². The predicted octanol–water partition coefficient (Wildman–Crippen LogP) is 3.56. The maximum absolute atomic E-state index is 12.8. The van der Waals surface area contributed by atoms with Crippen LogP contribution in [0.2, 0.25) is 0 Å². The van der Waals surface area contributed by atoms with Crippen LogP contribution in [-0.2, 0) is 12.8 Å². The number of aliphatic hydroxyl groups is 1. The summed E-state index contributed by atoms with van der Waals surface area (Å²) in [7, 11) is 0. The van der Waals surface area contributed by atoms with E-state index in [4.69, 9.17) is 10.2 Å². The molecule has 0 aromatic heterocycles. The molecule has 6 heteroatoms. The molecule has 21 heavy (non-hydrogen) atoms. The Hall–Kier alpha value is -2.34. The van der Waals surface area contributed by atoms with E-state index < -0.39 is 23.3 Å². The van der Waals surface area contributed by atoms with Crippen molar-refractivity contribution in [2.24, 2.45) is 0 Å². The van der Waals surface area contributed by atoms with E-state index in [9.17, 15) is 18.0 Å². The molecule has 3 nitrogen and oxygen atoms in total. The predicted molar refractivity (Wildman–Crippen MR) is 69.8 cm³/mol. The van der Waals surface area contributed by atoms with Crippen LogP contribution in [0.1, 0.15) is 21.5 Å². The van der Waals surface area contributed by atoms with Crippen molar-refractivity contribution in [1.29, 1.82) is 0 Å². The molecule has 0 radical (unpaired) electrons. The van der Waals surface area contributed by atoms with Gasteiger partial charge in [0.25, 0.3) is 0 Å². The molecule has 2 rings (SSSR count). The molecule has 0 aliphatic heterocycles. The number of rotatable bonds is 3. The Bertz CT molecular complexity index is 678. The van der Waals surface area contributed by atoms with Crippen molar-refractivity contribution in [1.82, 2.24) is 0 Å². The summed E-state index contributed by atoms with van der Waals surface area (Å²) in [4.78, 5) is 11.0. The maximum atomic E-state index is 12.8. The quantitative estimate of drug-likeness (QED) is 0.910. The van der Waals surface area contributed by atoms with Gasteiger partial charge in [-0.3, -0.25) is 0 Å². The highest BCUT2D eigenvalue weighted by Crippen LogP contribution is 2.33. The summed E-state index contributed by atoms with van der Waals surface area (Å²) in [6.45, 7) is -0.251. The van der Waals surface area contributed by atoms with Crippen LogP contribution < -0.4 is 0 Å².